The molecule has 82 valence electrons. The van der Waals surface area contributed by atoms with Crippen molar-refractivity contribution in [2.75, 3.05) is 6.54 Å². The lowest BCUT2D eigenvalue weighted by molar-refractivity contribution is 0.0940. The first-order valence-corrected chi connectivity index (χ1v) is 5.61. The van der Waals surface area contributed by atoms with Gasteiger partial charge in [-0.1, -0.05) is 15.9 Å². The Bertz CT molecular complexity index is 366. The van der Waals surface area contributed by atoms with Gasteiger partial charge >= 0.3 is 0 Å². The number of aryl methyl sites for hydroxylation is 1. The van der Waals surface area contributed by atoms with E-state index in [0.717, 1.165) is 10.0 Å². The first kappa shape index (κ1) is 12.2. The molecule has 0 saturated carbocycles. The highest BCUT2D eigenvalue weighted by atomic mass is 79.9. The van der Waals surface area contributed by atoms with Gasteiger partial charge < -0.3 is 11.1 Å². The fourth-order valence-corrected chi connectivity index (χ4v) is 1.72. The summed E-state index contributed by atoms with van der Waals surface area (Å²) < 4.78 is 0.975. The molecule has 3 N–H and O–H groups in total. The van der Waals surface area contributed by atoms with Crippen LogP contribution in [-0.4, -0.2) is 18.5 Å². The molecule has 1 amide bonds. The maximum atomic E-state index is 11.8. The fourth-order valence-electron chi connectivity index (χ4n) is 1.24. The van der Waals surface area contributed by atoms with Gasteiger partial charge in [-0.3, -0.25) is 4.79 Å². The third kappa shape index (κ3) is 3.32. The van der Waals surface area contributed by atoms with Crippen LogP contribution in [0.4, 0.5) is 0 Å². The van der Waals surface area contributed by atoms with Crippen LogP contribution in [-0.2, 0) is 0 Å². The average Bonchev–Trinajstić information content (AvgIpc) is 2.17. The van der Waals surface area contributed by atoms with Gasteiger partial charge in [-0.2, -0.15) is 0 Å². The van der Waals surface area contributed by atoms with Gasteiger partial charge in [0.15, 0.2) is 0 Å². The smallest absolute Gasteiger partial charge is 0.251 e. The highest BCUT2D eigenvalue weighted by Crippen LogP contribution is 2.15. The summed E-state index contributed by atoms with van der Waals surface area (Å²) in [6.07, 6.45) is 0. The third-order valence-electron chi connectivity index (χ3n) is 2.16. The summed E-state index contributed by atoms with van der Waals surface area (Å²) in [5.41, 5.74) is 7.08. The molecular weight excluding hydrogens is 256 g/mol. The van der Waals surface area contributed by atoms with Crippen molar-refractivity contribution in [3.8, 4) is 0 Å². The second-order valence-electron chi connectivity index (χ2n) is 3.57. The van der Waals surface area contributed by atoms with Crippen LogP contribution in [0.2, 0.25) is 0 Å². The Kier molecular flexibility index (Phi) is 4.29. The number of hydrogen-bond donors (Lipinski definition) is 2. The molecule has 4 heteroatoms. The van der Waals surface area contributed by atoms with Crippen molar-refractivity contribution < 1.29 is 4.79 Å². The number of nitrogens with one attached hydrogen (secondary N) is 1. The van der Waals surface area contributed by atoms with Crippen molar-refractivity contribution in [1.29, 1.82) is 0 Å². The molecule has 0 spiro atoms. The predicted molar refractivity (Wildman–Crippen MR) is 64.9 cm³/mol. The highest BCUT2D eigenvalue weighted by molar-refractivity contribution is 9.10. The van der Waals surface area contributed by atoms with Crippen LogP contribution < -0.4 is 11.1 Å². The number of nitrogens with two attached hydrogens (primary N) is 1. The van der Waals surface area contributed by atoms with Crippen LogP contribution in [0.25, 0.3) is 0 Å². The van der Waals surface area contributed by atoms with E-state index in [9.17, 15) is 4.79 Å². The average molecular weight is 271 g/mol. The zero-order chi connectivity index (χ0) is 11.4. The standard InChI is InChI=1S/C11H15BrN2O/c1-7-5-9(12)3-4-10(7)11(15)14-8(2)6-13/h3-5,8H,6,13H2,1-2H3,(H,14,15)/t8-/m1/s1. The van der Waals surface area contributed by atoms with Gasteiger partial charge in [0.05, 0.1) is 0 Å². The molecule has 15 heavy (non-hydrogen) atoms. The molecule has 0 aliphatic carbocycles. The van der Waals surface area contributed by atoms with Gasteiger partial charge in [-0.05, 0) is 37.6 Å². The van der Waals surface area contributed by atoms with Gasteiger partial charge in [0, 0.05) is 22.6 Å². The SMILES string of the molecule is Cc1cc(Br)ccc1C(=O)N[C@H](C)CN. The number of benzene rings is 1. The summed E-state index contributed by atoms with van der Waals surface area (Å²) in [5, 5.41) is 2.83. The Morgan fingerprint density at radius 2 is 2.27 bits per heavy atom. The molecule has 0 unspecified atom stereocenters. The lowest BCUT2D eigenvalue weighted by Crippen LogP contribution is -2.38. The minimum atomic E-state index is -0.0713. The topological polar surface area (TPSA) is 55.1 Å². The number of hydrogen-bond acceptors (Lipinski definition) is 2. The van der Waals surface area contributed by atoms with Gasteiger partial charge in [-0.25, -0.2) is 0 Å². The monoisotopic (exact) mass is 270 g/mol. The van der Waals surface area contributed by atoms with Gasteiger partial charge in [0.25, 0.3) is 5.91 Å². The highest BCUT2D eigenvalue weighted by Gasteiger charge is 2.10. The second-order valence-corrected chi connectivity index (χ2v) is 4.49. The quantitative estimate of drug-likeness (QED) is 0.881. The number of carbonyl (C=O) groups is 1. The van der Waals surface area contributed by atoms with Crippen LogP contribution in [0.5, 0.6) is 0 Å². The number of carbonyl (C=O) groups excluding carboxylic acids is 1. The third-order valence-corrected chi connectivity index (χ3v) is 2.66. The molecule has 0 aliphatic rings. The zero-order valence-electron chi connectivity index (χ0n) is 8.88. The molecule has 0 radical (unpaired) electrons. The number of amides is 1. The maximum Gasteiger partial charge on any atom is 0.251 e. The molecule has 0 saturated heterocycles. The molecule has 0 fully saturated rings. The number of halogens is 1. The fraction of sp³-hybridized carbons (Fsp3) is 0.364. The van der Waals surface area contributed by atoms with E-state index >= 15 is 0 Å². The van der Waals surface area contributed by atoms with Crippen molar-refractivity contribution in [2.24, 2.45) is 5.73 Å². The maximum absolute atomic E-state index is 11.8. The zero-order valence-corrected chi connectivity index (χ0v) is 10.5. The van der Waals surface area contributed by atoms with Crippen LogP contribution in [0.15, 0.2) is 22.7 Å². The Hall–Kier alpha value is -0.870. The minimum Gasteiger partial charge on any atom is -0.348 e. The molecule has 0 heterocycles. The lowest BCUT2D eigenvalue weighted by Gasteiger charge is -2.12. The summed E-state index contributed by atoms with van der Waals surface area (Å²) in [4.78, 5) is 11.8. The van der Waals surface area contributed by atoms with Crippen LogP contribution in [0.3, 0.4) is 0 Å². The molecule has 0 bridgehead atoms. The Balaban J connectivity index is 2.82. The summed E-state index contributed by atoms with van der Waals surface area (Å²) in [6, 6.07) is 5.58. The Labute approximate surface area is 98.2 Å². The summed E-state index contributed by atoms with van der Waals surface area (Å²) in [5.74, 6) is -0.0713. The van der Waals surface area contributed by atoms with E-state index in [1.807, 2.05) is 26.0 Å². The molecule has 0 aliphatic heterocycles. The molecule has 1 aromatic rings. The van der Waals surface area contributed by atoms with E-state index in [-0.39, 0.29) is 11.9 Å². The van der Waals surface area contributed by atoms with E-state index < -0.39 is 0 Å². The van der Waals surface area contributed by atoms with Crippen LogP contribution in [0.1, 0.15) is 22.8 Å². The summed E-state index contributed by atoms with van der Waals surface area (Å²) >= 11 is 3.36. The molecule has 1 aromatic carbocycles. The number of rotatable bonds is 3. The van der Waals surface area contributed by atoms with E-state index in [4.69, 9.17) is 5.73 Å². The second kappa shape index (κ2) is 5.28. The van der Waals surface area contributed by atoms with E-state index in [1.165, 1.54) is 0 Å². The van der Waals surface area contributed by atoms with Gasteiger partial charge in [0.2, 0.25) is 0 Å². The van der Waals surface area contributed by atoms with Gasteiger partial charge in [-0.15, -0.1) is 0 Å². The van der Waals surface area contributed by atoms with Crippen LogP contribution >= 0.6 is 15.9 Å². The van der Waals surface area contributed by atoms with E-state index in [1.54, 1.807) is 6.07 Å². The summed E-state index contributed by atoms with van der Waals surface area (Å²) in [7, 11) is 0. The lowest BCUT2D eigenvalue weighted by atomic mass is 10.1. The van der Waals surface area contributed by atoms with E-state index in [2.05, 4.69) is 21.2 Å². The van der Waals surface area contributed by atoms with Crippen LogP contribution in [0, 0.1) is 6.92 Å². The van der Waals surface area contributed by atoms with Crippen molar-refractivity contribution in [2.45, 2.75) is 19.9 Å². The van der Waals surface area contributed by atoms with Crippen molar-refractivity contribution in [3.05, 3.63) is 33.8 Å². The Morgan fingerprint density at radius 3 is 2.80 bits per heavy atom. The first-order chi connectivity index (χ1) is 7.04. The molecule has 1 rings (SSSR count). The normalized spacial score (nSPS) is 12.3. The Morgan fingerprint density at radius 1 is 1.60 bits per heavy atom. The van der Waals surface area contributed by atoms with Crippen molar-refractivity contribution >= 4 is 21.8 Å². The van der Waals surface area contributed by atoms with Crippen molar-refractivity contribution in [1.82, 2.24) is 5.32 Å². The minimum absolute atomic E-state index is 0.000506. The molecule has 0 aromatic heterocycles. The predicted octanol–water partition coefficient (Wildman–Crippen LogP) is 1.83. The largest absolute Gasteiger partial charge is 0.348 e. The summed E-state index contributed by atoms with van der Waals surface area (Å²) in [6.45, 7) is 4.24. The van der Waals surface area contributed by atoms with Gasteiger partial charge in [0.1, 0.15) is 0 Å². The van der Waals surface area contributed by atoms with Crippen molar-refractivity contribution in [3.63, 3.8) is 0 Å². The molecular formula is C11H15BrN2O. The van der Waals surface area contributed by atoms with E-state index in [0.29, 0.717) is 12.1 Å². The first-order valence-electron chi connectivity index (χ1n) is 4.81. The molecule has 3 nitrogen and oxygen atoms in total. The molecule has 1 atom stereocenters.